The molecular formula is C15H17NO4. The van der Waals surface area contributed by atoms with Gasteiger partial charge in [0.2, 0.25) is 0 Å². The van der Waals surface area contributed by atoms with Crippen LogP contribution in [0.3, 0.4) is 0 Å². The molecule has 0 fully saturated rings. The number of carbonyl (C=O) groups is 1. The van der Waals surface area contributed by atoms with Crippen LogP contribution in [0.4, 0.5) is 0 Å². The number of aromatic carboxylic acids is 1. The maximum absolute atomic E-state index is 11.3. The largest absolute Gasteiger partial charge is 0.496 e. The molecule has 0 amide bonds. The number of methoxy groups -OCH3 is 1. The van der Waals surface area contributed by atoms with Crippen LogP contribution in [0, 0.1) is 6.92 Å². The van der Waals surface area contributed by atoms with Crippen LogP contribution in [0.15, 0.2) is 22.7 Å². The van der Waals surface area contributed by atoms with Gasteiger partial charge >= 0.3 is 5.97 Å². The summed E-state index contributed by atoms with van der Waals surface area (Å²) in [6.45, 7) is 5.69. The maximum Gasteiger partial charge on any atom is 0.341 e. The van der Waals surface area contributed by atoms with Gasteiger partial charge in [-0.3, -0.25) is 0 Å². The van der Waals surface area contributed by atoms with E-state index in [1.54, 1.807) is 20.1 Å². The van der Waals surface area contributed by atoms with E-state index in [1.165, 1.54) is 0 Å². The Kier molecular flexibility index (Phi) is 3.79. The molecular weight excluding hydrogens is 258 g/mol. The highest BCUT2D eigenvalue weighted by molar-refractivity contribution is 5.95. The van der Waals surface area contributed by atoms with Gasteiger partial charge < -0.3 is 14.4 Å². The van der Waals surface area contributed by atoms with E-state index in [0.717, 1.165) is 11.3 Å². The predicted molar refractivity (Wildman–Crippen MR) is 74.3 cm³/mol. The number of hydrogen-bond donors (Lipinski definition) is 1. The minimum atomic E-state index is -1.04. The topological polar surface area (TPSA) is 72.6 Å². The van der Waals surface area contributed by atoms with E-state index in [0.29, 0.717) is 17.0 Å². The number of benzene rings is 1. The molecule has 0 bridgehead atoms. The highest BCUT2D eigenvalue weighted by atomic mass is 16.5. The molecule has 1 heterocycles. The van der Waals surface area contributed by atoms with Gasteiger partial charge in [0.25, 0.3) is 0 Å². The van der Waals surface area contributed by atoms with Gasteiger partial charge in [-0.25, -0.2) is 4.79 Å². The molecule has 20 heavy (non-hydrogen) atoms. The van der Waals surface area contributed by atoms with Crippen molar-refractivity contribution in [2.45, 2.75) is 26.7 Å². The predicted octanol–water partition coefficient (Wildman–Crippen LogP) is 3.48. The van der Waals surface area contributed by atoms with Crippen LogP contribution in [-0.4, -0.2) is 23.3 Å². The minimum Gasteiger partial charge on any atom is -0.496 e. The lowest BCUT2D eigenvalue weighted by Gasteiger charge is -2.12. The lowest BCUT2D eigenvalue weighted by atomic mass is 9.97. The standard InChI is InChI=1S/C15H17NO4/c1-8(2)11-7-10(5-6-12(11)19-4)14-13(15(17)18)9(3)20-16-14/h5-8H,1-4H3,(H,17,18). The Morgan fingerprint density at radius 2 is 2.10 bits per heavy atom. The summed E-state index contributed by atoms with van der Waals surface area (Å²) in [6.07, 6.45) is 0. The number of rotatable bonds is 4. The number of aromatic nitrogens is 1. The summed E-state index contributed by atoms with van der Waals surface area (Å²) in [4.78, 5) is 11.3. The molecule has 106 valence electrons. The molecule has 5 nitrogen and oxygen atoms in total. The van der Waals surface area contributed by atoms with Gasteiger partial charge in [-0.2, -0.15) is 0 Å². The van der Waals surface area contributed by atoms with Crippen LogP contribution < -0.4 is 4.74 Å². The molecule has 0 aliphatic rings. The van der Waals surface area contributed by atoms with Crippen molar-refractivity contribution in [2.75, 3.05) is 7.11 Å². The van der Waals surface area contributed by atoms with Crippen LogP contribution in [0.2, 0.25) is 0 Å². The van der Waals surface area contributed by atoms with Crippen LogP contribution in [0.1, 0.15) is 41.4 Å². The summed E-state index contributed by atoms with van der Waals surface area (Å²) in [5.41, 5.74) is 2.16. The molecule has 1 aromatic heterocycles. The van der Waals surface area contributed by atoms with E-state index < -0.39 is 5.97 Å². The van der Waals surface area contributed by atoms with Gasteiger partial charge in [-0.15, -0.1) is 0 Å². The fraction of sp³-hybridized carbons (Fsp3) is 0.333. The lowest BCUT2D eigenvalue weighted by Crippen LogP contribution is -2.00. The molecule has 2 aromatic rings. The van der Waals surface area contributed by atoms with E-state index in [4.69, 9.17) is 9.26 Å². The number of carboxylic acid groups (broad SMARTS) is 1. The maximum atomic E-state index is 11.3. The van der Waals surface area contributed by atoms with Crippen molar-refractivity contribution in [1.82, 2.24) is 5.16 Å². The Bertz CT molecular complexity index is 643. The van der Waals surface area contributed by atoms with Crippen LogP contribution in [0.25, 0.3) is 11.3 Å². The molecule has 0 radical (unpaired) electrons. The van der Waals surface area contributed by atoms with Gasteiger partial charge in [-0.05, 0) is 36.6 Å². The summed E-state index contributed by atoms with van der Waals surface area (Å²) in [5, 5.41) is 13.1. The second kappa shape index (κ2) is 5.36. The van der Waals surface area contributed by atoms with E-state index in [2.05, 4.69) is 5.16 Å². The van der Waals surface area contributed by atoms with Crippen molar-refractivity contribution < 1.29 is 19.2 Å². The van der Waals surface area contributed by atoms with E-state index in [1.807, 2.05) is 26.0 Å². The van der Waals surface area contributed by atoms with E-state index in [9.17, 15) is 9.90 Å². The highest BCUT2D eigenvalue weighted by Gasteiger charge is 2.22. The highest BCUT2D eigenvalue weighted by Crippen LogP contribution is 2.33. The van der Waals surface area contributed by atoms with Crippen molar-refractivity contribution >= 4 is 5.97 Å². The number of nitrogens with zero attached hydrogens (tertiary/aromatic N) is 1. The fourth-order valence-electron chi connectivity index (χ4n) is 2.15. The van der Waals surface area contributed by atoms with Gasteiger partial charge in [0, 0.05) is 5.56 Å². The second-order valence-corrected chi connectivity index (χ2v) is 4.88. The normalized spacial score (nSPS) is 10.8. The van der Waals surface area contributed by atoms with Crippen molar-refractivity contribution in [3.63, 3.8) is 0 Å². The number of ether oxygens (including phenoxy) is 1. The average molecular weight is 275 g/mol. The SMILES string of the molecule is COc1ccc(-c2noc(C)c2C(=O)O)cc1C(C)C. The molecule has 1 aromatic carbocycles. The quantitative estimate of drug-likeness (QED) is 0.924. The Hall–Kier alpha value is -2.30. The van der Waals surface area contributed by atoms with E-state index >= 15 is 0 Å². The molecule has 0 saturated heterocycles. The third-order valence-electron chi connectivity index (χ3n) is 3.20. The van der Waals surface area contributed by atoms with Crippen LogP contribution >= 0.6 is 0 Å². The molecule has 0 unspecified atom stereocenters. The van der Waals surface area contributed by atoms with Crippen LogP contribution in [-0.2, 0) is 0 Å². The Morgan fingerprint density at radius 1 is 1.40 bits per heavy atom. The molecule has 0 saturated carbocycles. The number of aryl methyl sites for hydroxylation is 1. The van der Waals surface area contributed by atoms with Gasteiger partial charge in [0.05, 0.1) is 7.11 Å². The smallest absolute Gasteiger partial charge is 0.341 e. The fourth-order valence-corrected chi connectivity index (χ4v) is 2.15. The molecule has 0 aliphatic carbocycles. The molecule has 0 spiro atoms. The first kappa shape index (κ1) is 14.1. The van der Waals surface area contributed by atoms with Crippen molar-refractivity contribution in [3.05, 3.63) is 35.1 Å². The molecule has 0 aliphatic heterocycles. The summed E-state index contributed by atoms with van der Waals surface area (Å²) >= 11 is 0. The monoisotopic (exact) mass is 275 g/mol. The zero-order valence-electron chi connectivity index (χ0n) is 11.9. The van der Waals surface area contributed by atoms with Gasteiger partial charge in [0.15, 0.2) is 0 Å². The minimum absolute atomic E-state index is 0.102. The summed E-state index contributed by atoms with van der Waals surface area (Å²) in [7, 11) is 1.61. The van der Waals surface area contributed by atoms with Gasteiger partial charge in [-0.1, -0.05) is 19.0 Å². The number of carboxylic acids is 1. The molecule has 5 heteroatoms. The summed E-state index contributed by atoms with van der Waals surface area (Å²) in [6, 6.07) is 5.50. The number of hydrogen-bond acceptors (Lipinski definition) is 4. The first-order chi connectivity index (χ1) is 9.45. The first-order valence-corrected chi connectivity index (χ1v) is 6.33. The molecule has 0 atom stereocenters. The lowest BCUT2D eigenvalue weighted by molar-refractivity contribution is 0.0696. The first-order valence-electron chi connectivity index (χ1n) is 6.33. The Balaban J connectivity index is 2.59. The average Bonchev–Trinajstić information content (AvgIpc) is 2.79. The van der Waals surface area contributed by atoms with E-state index in [-0.39, 0.29) is 11.5 Å². The third kappa shape index (κ3) is 2.39. The van der Waals surface area contributed by atoms with Crippen molar-refractivity contribution in [1.29, 1.82) is 0 Å². The Labute approximate surface area is 117 Å². The summed E-state index contributed by atoms with van der Waals surface area (Å²) < 4.78 is 10.3. The molecule has 1 N–H and O–H groups in total. The second-order valence-electron chi connectivity index (χ2n) is 4.88. The Morgan fingerprint density at radius 3 is 2.65 bits per heavy atom. The zero-order valence-corrected chi connectivity index (χ0v) is 11.9. The van der Waals surface area contributed by atoms with Crippen molar-refractivity contribution in [2.24, 2.45) is 0 Å². The van der Waals surface area contributed by atoms with Gasteiger partial charge in [0.1, 0.15) is 22.8 Å². The zero-order chi connectivity index (χ0) is 14.9. The summed E-state index contributed by atoms with van der Waals surface area (Å²) in [5.74, 6) is 0.294. The molecule has 2 rings (SSSR count). The third-order valence-corrected chi connectivity index (χ3v) is 3.20. The van der Waals surface area contributed by atoms with Crippen LogP contribution in [0.5, 0.6) is 5.75 Å². The van der Waals surface area contributed by atoms with Crippen molar-refractivity contribution in [3.8, 4) is 17.0 Å².